The van der Waals surface area contributed by atoms with E-state index in [0.717, 1.165) is 30.4 Å². The molecule has 1 aromatic heterocycles. The minimum Gasteiger partial charge on any atom is -0.487 e. The molecule has 8 nitrogen and oxygen atoms in total. The first-order valence-electron chi connectivity index (χ1n) is 12.3. The van der Waals surface area contributed by atoms with Crippen LogP contribution in [-0.2, 0) is 16.6 Å². The number of aromatic nitrogens is 2. The van der Waals surface area contributed by atoms with Crippen LogP contribution in [0.15, 0.2) is 47.9 Å². The zero-order chi connectivity index (χ0) is 25.0. The van der Waals surface area contributed by atoms with Crippen molar-refractivity contribution in [3.05, 3.63) is 54.1 Å². The van der Waals surface area contributed by atoms with Crippen LogP contribution in [0.1, 0.15) is 50.7 Å². The van der Waals surface area contributed by atoms with Crippen molar-refractivity contribution in [1.82, 2.24) is 19.2 Å². The molecule has 0 saturated carbocycles. The number of aliphatic hydroxyl groups excluding tert-OH is 1. The molecule has 190 valence electrons. The van der Waals surface area contributed by atoms with Crippen molar-refractivity contribution in [2.24, 2.45) is 5.92 Å². The van der Waals surface area contributed by atoms with E-state index in [1.165, 1.54) is 22.6 Å². The molecule has 2 aliphatic rings. The Balaban J connectivity index is 1.69. The second kappa shape index (κ2) is 11.2. The van der Waals surface area contributed by atoms with Crippen molar-refractivity contribution in [2.75, 3.05) is 26.7 Å². The summed E-state index contributed by atoms with van der Waals surface area (Å²) in [4.78, 5) is 10.5. The Morgan fingerprint density at radius 1 is 1.26 bits per heavy atom. The van der Waals surface area contributed by atoms with Gasteiger partial charge in [0.1, 0.15) is 23.1 Å². The van der Waals surface area contributed by atoms with E-state index in [9.17, 15) is 13.5 Å². The van der Waals surface area contributed by atoms with Crippen molar-refractivity contribution in [3.63, 3.8) is 0 Å². The lowest BCUT2D eigenvalue weighted by molar-refractivity contribution is 0.0733. The number of ether oxygens (including phenoxy) is 1. The van der Waals surface area contributed by atoms with Crippen molar-refractivity contribution in [3.8, 4) is 5.75 Å². The van der Waals surface area contributed by atoms with E-state index in [-0.39, 0.29) is 30.1 Å². The fourth-order valence-corrected chi connectivity index (χ4v) is 6.66. The van der Waals surface area contributed by atoms with Gasteiger partial charge in [-0.1, -0.05) is 19.1 Å². The molecule has 3 atom stereocenters. The van der Waals surface area contributed by atoms with Crippen molar-refractivity contribution < 1.29 is 18.3 Å². The van der Waals surface area contributed by atoms with Crippen LogP contribution in [-0.4, -0.2) is 71.6 Å². The summed E-state index contributed by atoms with van der Waals surface area (Å²) in [6, 6.07) is 4.92. The van der Waals surface area contributed by atoms with Gasteiger partial charge in [0.15, 0.2) is 0 Å². The van der Waals surface area contributed by atoms with Crippen LogP contribution >= 0.6 is 0 Å². The second-order valence-electron chi connectivity index (χ2n) is 9.82. The Bertz CT molecular complexity index is 1140. The summed E-state index contributed by atoms with van der Waals surface area (Å²) in [6.07, 6.45) is 11.5. The molecule has 2 aromatic rings. The number of nitrogens with zero attached hydrogens (tertiary/aromatic N) is 4. The van der Waals surface area contributed by atoms with Crippen LogP contribution in [0.25, 0.3) is 5.57 Å². The number of benzene rings is 1. The monoisotopic (exact) mass is 500 g/mol. The SMILES string of the molecule is C[C@H](CO)N1C[C@H](C)[C@@H](CN(C)Cc2cncnc2)Oc2cc(C3=CCCCC3)ccc2S1(=O)=O. The summed E-state index contributed by atoms with van der Waals surface area (Å²) in [5.41, 5.74) is 3.26. The Hall–Kier alpha value is -2.33. The number of aliphatic hydroxyl groups is 1. The highest BCUT2D eigenvalue weighted by Gasteiger charge is 2.38. The van der Waals surface area contributed by atoms with Crippen LogP contribution in [0.2, 0.25) is 0 Å². The average Bonchev–Trinajstić information content (AvgIpc) is 2.86. The molecule has 0 saturated heterocycles. The molecular formula is C26H36N4O4S. The van der Waals surface area contributed by atoms with Gasteiger partial charge in [0.2, 0.25) is 10.0 Å². The largest absolute Gasteiger partial charge is 0.487 e. The zero-order valence-corrected chi connectivity index (χ0v) is 21.6. The predicted molar refractivity (Wildman–Crippen MR) is 135 cm³/mol. The molecule has 0 unspecified atom stereocenters. The van der Waals surface area contributed by atoms with Crippen LogP contribution in [0.5, 0.6) is 5.75 Å². The van der Waals surface area contributed by atoms with Gasteiger partial charge in [-0.05, 0) is 62.9 Å². The topological polar surface area (TPSA) is 95.9 Å². The van der Waals surface area contributed by atoms with Crippen LogP contribution in [0.3, 0.4) is 0 Å². The Kier molecular flexibility index (Phi) is 8.21. The van der Waals surface area contributed by atoms with Gasteiger partial charge in [-0.25, -0.2) is 18.4 Å². The molecule has 0 bridgehead atoms. The second-order valence-corrected chi connectivity index (χ2v) is 11.7. The Morgan fingerprint density at radius 2 is 2.03 bits per heavy atom. The fourth-order valence-electron chi connectivity index (χ4n) is 4.84. The molecule has 1 N–H and O–H groups in total. The minimum absolute atomic E-state index is 0.0982. The lowest BCUT2D eigenvalue weighted by atomic mass is 9.93. The van der Waals surface area contributed by atoms with Gasteiger partial charge in [-0.15, -0.1) is 0 Å². The first kappa shape index (κ1) is 25.8. The molecule has 2 heterocycles. The van der Waals surface area contributed by atoms with Gasteiger partial charge < -0.3 is 9.84 Å². The van der Waals surface area contributed by atoms with Gasteiger partial charge in [0.05, 0.1) is 6.61 Å². The average molecular weight is 501 g/mol. The minimum atomic E-state index is -3.84. The van der Waals surface area contributed by atoms with Crippen molar-refractivity contribution >= 4 is 15.6 Å². The number of likely N-dealkylation sites (N-methyl/N-ethyl adjacent to an activating group) is 1. The maximum Gasteiger partial charge on any atom is 0.247 e. The Labute approximate surface area is 208 Å². The lowest BCUT2D eigenvalue weighted by Gasteiger charge is -2.37. The van der Waals surface area contributed by atoms with E-state index >= 15 is 0 Å². The van der Waals surface area contributed by atoms with Gasteiger partial charge in [0, 0.05) is 49.6 Å². The van der Waals surface area contributed by atoms with Gasteiger partial charge >= 0.3 is 0 Å². The summed E-state index contributed by atoms with van der Waals surface area (Å²) in [6.45, 7) is 5.03. The number of hydrogen-bond donors (Lipinski definition) is 1. The highest BCUT2D eigenvalue weighted by molar-refractivity contribution is 7.89. The molecule has 1 aliphatic heterocycles. The standard InChI is InChI=1S/C26H36N4O4S/c1-19-14-30(20(2)17-31)35(32,33)26-10-9-23(22-7-5-4-6-8-22)11-24(26)34-25(19)16-29(3)15-21-12-27-18-28-13-21/h7,9-13,18-20,25,31H,4-6,8,14-17H2,1-3H3/t19-,20+,25+/m0/s1. The molecule has 1 aromatic carbocycles. The van der Waals surface area contributed by atoms with E-state index in [1.54, 1.807) is 25.4 Å². The molecule has 35 heavy (non-hydrogen) atoms. The summed E-state index contributed by atoms with van der Waals surface area (Å²) in [5.74, 6) is 0.288. The summed E-state index contributed by atoms with van der Waals surface area (Å²) < 4.78 is 35.3. The van der Waals surface area contributed by atoms with Crippen molar-refractivity contribution in [2.45, 2.75) is 63.1 Å². The highest BCUT2D eigenvalue weighted by Crippen LogP contribution is 2.37. The summed E-state index contributed by atoms with van der Waals surface area (Å²) >= 11 is 0. The van der Waals surface area contributed by atoms with Gasteiger partial charge in [-0.2, -0.15) is 4.31 Å². The van der Waals surface area contributed by atoms with E-state index in [1.807, 2.05) is 26.1 Å². The number of rotatable bonds is 7. The molecule has 0 amide bonds. The first-order valence-corrected chi connectivity index (χ1v) is 13.8. The maximum absolute atomic E-state index is 13.7. The predicted octanol–water partition coefficient (Wildman–Crippen LogP) is 3.33. The summed E-state index contributed by atoms with van der Waals surface area (Å²) in [5, 5.41) is 9.84. The van der Waals surface area contributed by atoms with E-state index in [2.05, 4.69) is 20.9 Å². The van der Waals surface area contributed by atoms with Gasteiger partial charge in [-0.3, -0.25) is 4.90 Å². The molecule has 0 radical (unpaired) electrons. The van der Waals surface area contributed by atoms with Crippen molar-refractivity contribution in [1.29, 1.82) is 0 Å². The molecule has 1 aliphatic carbocycles. The lowest BCUT2D eigenvalue weighted by Crippen LogP contribution is -2.49. The smallest absolute Gasteiger partial charge is 0.247 e. The quantitative estimate of drug-likeness (QED) is 0.623. The van der Waals surface area contributed by atoms with Crippen LogP contribution in [0, 0.1) is 5.92 Å². The highest BCUT2D eigenvalue weighted by atomic mass is 32.2. The third-order valence-corrected chi connectivity index (χ3v) is 8.91. The molecule has 9 heteroatoms. The third-order valence-electron chi connectivity index (χ3n) is 6.89. The number of hydrogen-bond acceptors (Lipinski definition) is 7. The van der Waals surface area contributed by atoms with Crippen LogP contribution < -0.4 is 4.74 Å². The van der Waals surface area contributed by atoms with E-state index in [4.69, 9.17) is 4.74 Å². The van der Waals surface area contributed by atoms with Crippen LogP contribution in [0.4, 0.5) is 0 Å². The zero-order valence-electron chi connectivity index (χ0n) is 20.8. The Morgan fingerprint density at radius 3 is 2.71 bits per heavy atom. The maximum atomic E-state index is 13.7. The fraction of sp³-hybridized carbons (Fsp3) is 0.538. The molecule has 0 spiro atoms. The van der Waals surface area contributed by atoms with E-state index in [0.29, 0.717) is 18.8 Å². The summed E-state index contributed by atoms with van der Waals surface area (Å²) in [7, 11) is -1.83. The molecule has 4 rings (SSSR count). The molecular weight excluding hydrogens is 464 g/mol. The molecule has 0 fully saturated rings. The number of sulfonamides is 1. The third kappa shape index (κ3) is 5.91. The normalized spacial score (nSPS) is 23.5. The first-order chi connectivity index (χ1) is 16.8. The number of allylic oxidation sites excluding steroid dienone is 2. The number of fused-ring (bicyclic) bond motifs is 1. The van der Waals surface area contributed by atoms with Gasteiger partial charge in [0.25, 0.3) is 0 Å². The van der Waals surface area contributed by atoms with E-state index < -0.39 is 16.1 Å².